The van der Waals surface area contributed by atoms with Crippen LogP contribution in [0.5, 0.6) is 0 Å². The highest BCUT2D eigenvalue weighted by Gasteiger charge is 2.36. The highest BCUT2D eigenvalue weighted by Crippen LogP contribution is 2.35. The largest absolute Gasteiger partial charge is 0.383 e. The second-order valence-corrected chi connectivity index (χ2v) is 9.65. The van der Waals surface area contributed by atoms with Gasteiger partial charge in [0.1, 0.15) is 47.2 Å². The summed E-state index contributed by atoms with van der Waals surface area (Å²) in [4.78, 5) is 25.5. The van der Waals surface area contributed by atoms with Gasteiger partial charge in [0.2, 0.25) is 11.9 Å². The molecule has 43 heavy (non-hydrogen) atoms. The third-order valence-electron chi connectivity index (χ3n) is 6.65. The minimum Gasteiger partial charge on any atom is -0.383 e. The van der Waals surface area contributed by atoms with E-state index >= 15 is 0 Å². The number of aromatic nitrogens is 7. The van der Waals surface area contributed by atoms with Gasteiger partial charge in [-0.1, -0.05) is 6.07 Å². The topological polar surface area (TPSA) is 123 Å². The molecule has 10 nitrogen and oxygen atoms in total. The van der Waals surface area contributed by atoms with Gasteiger partial charge in [0.05, 0.1) is 35.9 Å². The second-order valence-electron chi connectivity index (χ2n) is 9.65. The fraction of sp³-hybridized carbons (Fsp3) is 0.103. The summed E-state index contributed by atoms with van der Waals surface area (Å²) in [5, 5.41) is 22.4. The number of amides is 1. The van der Waals surface area contributed by atoms with E-state index in [4.69, 9.17) is 0 Å². The number of aliphatic hydroxyl groups is 1. The predicted octanol–water partition coefficient (Wildman–Crippen LogP) is 4.52. The number of pyridine rings is 1. The molecule has 0 aliphatic carbocycles. The number of anilines is 1. The Balaban J connectivity index is 1.33. The summed E-state index contributed by atoms with van der Waals surface area (Å²) in [7, 11) is 0. The third kappa shape index (κ3) is 5.67. The lowest BCUT2D eigenvalue weighted by Gasteiger charge is -2.28. The van der Waals surface area contributed by atoms with Crippen LogP contribution < -0.4 is 5.32 Å². The zero-order valence-corrected chi connectivity index (χ0v) is 22.0. The number of hydrogen-bond donors (Lipinski definition) is 2. The van der Waals surface area contributed by atoms with Crippen LogP contribution in [0.15, 0.2) is 85.7 Å². The number of nitrogens with zero attached hydrogens (tertiary/aromatic N) is 7. The maximum atomic E-state index is 14.8. The van der Waals surface area contributed by atoms with E-state index in [2.05, 4.69) is 30.5 Å². The minimum atomic E-state index is -2.16. The Morgan fingerprint density at radius 1 is 0.953 bits per heavy atom. The van der Waals surface area contributed by atoms with E-state index in [1.807, 2.05) is 0 Å². The van der Waals surface area contributed by atoms with Crippen molar-refractivity contribution >= 4 is 17.4 Å². The molecule has 0 radical (unpaired) electrons. The minimum absolute atomic E-state index is 0.156. The Morgan fingerprint density at radius 3 is 2.47 bits per heavy atom. The molecule has 1 atom stereocenters. The molecular weight excluding hydrogens is 568 g/mol. The van der Waals surface area contributed by atoms with Gasteiger partial charge < -0.3 is 5.11 Å². The second kappa shape index (κ2) is 11.1. The smallest absolute Gasteiger partial charge is 0.230 e. The van der Waals surface area contributed by atoms with Gasteiger partial charge >= 0.3 is 0 Å². The number of carbonyl (C=O) groups excluding carboxylic acids is 1. The summed E-state index contributed by atoms with van der Waals surface area (Å²) in [6.45, 7) is -0.371. The first-order chi connectivity index (χ1) is 20.7. The lowest BCUT2D eigenvalue weighted by molar-refractivity contribution is -0.122. The average molecular weight is 589 g/mol. The normalized spacial score (nSPS) is 12.8. The molecule has 0 saturated carbocycles. The number of rotatable bonds is 8. The van der Waals surface area contributed by atoms with E-state index in [1.165, 1.54) is 70.6 Å². The van der Waals surface area contributed by atoms with Gasteiger partial charge in [0, 0.05) is 23.4 Å². The van der Waals surface area contributed by atoms with Crippen molar-refractivity contribution in [1.29, 1.82) is 0 Å². The summed E-state index contributed by atoms with van der Waals surface area (Å²) < 4.78 is 58.5. The lowest BCUT2D eigenvalue weighted by Crippen LogP contribution is -2.37. The monoisotopic (exact) mass is 588 g/mol. The molecule has 14 heteroatoms. The van der Waals surface area contributed by atoms with Crippen molar-refractivity contribution in [3.8, 4) is 22.5 Å². The zero-order valence-electron chi connectivity index (χ0n) is 22.0. The molecule has 0 bridgehead atoms. The number of halogens is 4. The molecule has 0 saturated heterocycles. The molecule has 0 unspecified atom stereocenters. The van der Waals surface area contributed by atoms with Gasteiger partial charge in [-0.2, -0.15) is 10.2 Å². The molecule has 0 aliphatic heterocycles. The highest BCUT2D eigenvalue weighted by atomic mass is 19.1. The van der Waals surface area contributed by atoms with Gasteiger partial charge in [-0.05, 0) is 48.5 Å². The van der Waals surface area contributed by atoms with Crippen LogP contribution in [0.3, 0.4) is 0 Å². The fourth-order valence-corrected chi connectivity index (χ4v) is 4.76. The van der Waals surface area contributed by atoms with Crippen LogP contribution in [0.1, 0.15) is 12.0 Å². The van der Waals surface area contributed by atoms with Crippen molar-refractivity contribution in [2.45, 2.75) is 18.6 Å². The number of fused-ring (bicyclic) bond motifs is 1. The molecule has 2 aromatic carbocycles. The Bertz CT molecular complexity index is 1950. The first kappa shape index (κ1) is 27.7. The lowest BCUT2D eigenvalue weighted by atomic mass is 9.89. The number of carbonyl (C=O) groups is 1. The van der Waals surface area contributed by atoms with E-state index in [0.717, 1.165) is 12.1 Å². The summed E-state index contributed by atoms with van der Waals surface area (Å²) in [5.41, 5.74) is -0.341. The molecule has 1 amide bonds. The Labute approximate surface area is 240 Å². The Hall–Kier alpha value is -5.50. The predicted molar refractivity (Wildman–Crippen MR) is 145 cm³/mol. The maximum absolute atomic E-state index is 14.8. The third-order valence-corrected chi connectivity index (χ3v) is 6.65. The highest BCUT2D eigenvalue weighted by molar-refractivity contribution is 5.92. The van der Waals surface area contributed by atoms with Crippen LogP contribution in [-0.4, -0.2) is 45.4 Å². The molecule has 6 rings (SSSR count). The van der Waals surface area contributed by atoms with Crippen LogP contribution in [0.2, 0.25) is 0 Å². The van der Waals surface area contributed by atoms with Gasteiger partial charge in [0.15, 0.2) is 0 Å². The summed E-state index contributed by atoms with van der Waals surface area (Å²) in [6, 6.07) is 12.5. The number of nitrogens with one attached hydrogen (secondary N) is 1. The Morgan fingerprint density at radius 2 is 1.72 bits per heavy atom. The molecule has 4 heterocycles. The number of hydrogen-bond acceptors (Lipinski definition) is 7. The standard InChI is InChI=1S/C29H20F4N8O2/c30-18-3-1-17(2-4-18)27-26(24-8-6-20(32)13-41(24)39-27)23-9-10-35-28(37-23)38-25(42)12-29(43,14-40-16-34-15-36-40)21-7-5-19(31)11-22(21)33/h1-11,13,15-16,43H,12,14H2,(H,35,37,38,42)/t29-/m1/s1. The van der Waals surface area contributed by atoms with E-state index in [1.54, 1.807) is 6.07 Å². The Kier molecular flexibility index (Phi) is 7.11. The molecule has 0 spiro atoms. The molecule has 2 N–H and O–H groups in total. The van der Waals surface area contributed by atoms with Crippen molar-refractivity contribution in [2.24, 2.45) is 0 Å². The molecule has 4 aromatic heterocycles. The average Bonchev–Trinajstić information content (AvgIpc) is 3.60. The molecule has 0 aliphatic rings. The van der Waals surface area contributed by atoms with E-state index in [0.29, 0.717) is 34.1 Å². The van der Waals surface area contributed by atoms with Crippen LogP contribution in [0.4, 0.5) is 23.5 Å². The fourth-order valence-electron chi connectivity index (χ4n) is 4.76. The first-order valence-electron chi connectivity index (χ1n) is 12.8. The molecule has 216 valence electrons. The summed E-state index contributed by atoms with van der Waals surface area (Å²) >= 11 is 0. The molecule has 0 fully saturated rings. The SMILES string of the molecule is O=C(C[C@@](O)(Cn1cncn1)c1ccc(F)cc1F)Nc1nccc(-c2c(-c3ccc(F)cc3)nn3cc(F)ccc23)n1. The van der Waals surface area contributed by atoms with Gasteiger partial charge in [-0.15, -0.1) is 0 Å². The van der Waals surface area contributed by atoms with E-state index < -0.39 is 41.2 Å². The first-order valence-corrected chi connectivity index (χ1v) is 12.8. The van der Waals surface area contributed by atoms with Gasteiger partial charge in [-0.25, -0.2) is 41.7 Å². The van der Waals surface area contributed by atoms with Crippen LogP contribution in [-0.2, 0) is 16.9 Å². The quantitative estimate of drug-likeness (QED) is 0.251. The van der Waals surface area contributed by atoms with Crippen molar-refractivity contribution < 1.29 is 27.5 Å². The van der Waals surface area contributed by atoms with E-state index in [9.17, 15) is 27.5 Å². The summed E-state index contributed by atoms with van der Waals surface area (Å²) in [5.74, 6) is -3.82. The van der Waals surface area contributed by atoms with Crippen LogP contribution in [0, 0.1) is 23.3 Å². The summed E-state index contributed by atoms with van der Waals surface area (Å²) in [6.07, 6.45) is 4.36. The van der Waals surface area contributed by atoms with Crippen molar-refractivity contribution in [3.63, 3.8) is 0 Å². The zero-order chi connectivity index (χ0) is 30.1. The maximum Gasteiger partial charge on any atom is 0.230 e. The van der Waals surface area contributed by atoms with Gasteiger partial charge in [0.25, 0.3) is 0 Å². The van der Waals surface area contributed by atoms with Crippen LogP contribution in [0.25, 0.3) is 28.0 Å². The number of benzene rings is 2. The van der Waals surface area contributed by atoms with Gasteiger partial charge in [-0.3, -0.25) is 10.1 Å². The molecule has 6 aromatic rings. The van der Waals surface area contributed by atoms with Crippen molar-refractivity contribution in [2.75, 3.05) is 5.32 Å². The van der Waals surface area contributed by atoms with Crippen LogP contribution >= 0.6 is 0 Å². The van der Waals surface area contributed by atoms with Crippen molar-refractivity contribution in [1.82, 2.24) is 34.3 Å². The van der Waals surface area contributed by atoms with Crippen molar-refractivity contribution in [3.05, 3.63) is 115 Å². The van der Waals surface area contributed by atoms with E-state index in [-0.39, 0.29) is 18.1 Å². The molecular formula is C29H20F4N8O2.